The van der Waals surface area contributed by atoms with Crippen LogP contribution in [0.5, 0.6) is 0 Å². The Labute approximate surface area is 143 Å². The van der Waals surface area contributed by atoms with Gasteiger partial charge in [0.2, 0.25) is 0 Å². The number of hydrogen-bond acceptors (Lipinski definition) is 4. The second-order valence-corrected chi connectivity index (χ2v) is 6.34. The molecule has 128 valence electrons. The number of carbonyl (C=O) groups excluding carboxylic acids is 1. The minimum absolute atomic E-state index is 0.256. The van der Waals surface area contributed by atoms with Crippen LogP contribution in [0.15, 0.2) is 51.7 Å². The summed E-state index contributed by atoms with van der Waals surface area (Å²) in [6, 6.07) is 12.3. The van der Waals surface area contributed by atoms with Gasteiger partial charge in [0.15, 0.2) is 5.58 Å². The van der Waals surface area contributed by atoms with E-state index in [9.17, 15) is 14.7 Å². The van der Waals surface area contributed by atoms with Gasteiger partial charge in [0.1, 0.15) is 0 Å². The van der Waals surface area contributed by atoms with Crippen LogP contribution in [0.2, 0.25) is 0 Å². The Balaban J connectivity index is 1.72. The lowest BCUT2D eigenvalue weighted by Crippen LogP contribution is -2.39. The Bertz CT molecular complexity index is 1020. The highest BCUT2D eigenvalue weighted by Gasteiger charge is 2.30. The summed E-state index contributed by atoms with van der Waals surface area (Å²) in [7, 11) is 1.59. The Kier molecular flexibility index (Phi) is 3.69. The van der Waals surface area contributed by atoms with E-state index in [-0.39, 0.29) is 17.1 Å². The molecule has 1 aliphatic carbocycles. The first-order chi connectivity index (χ1) is 12.1. The van der Waals surface area contributed by atoms with E-state index in [1.54, 1.807) is 25.2 Å². The molecule has 0 unspecified atom stereocenters. The summed E-state index contributed by atoms with van der Waals surface area (Å²) in [6.07, 6.45) is 0.722. The number of carbonyl (C=O) groups is 1. The fourth-order valence-corrected chi connectivity index (χ4v) is 3.46. The SMILES string of the molecule is Cn1c(=O)oc2c(C(=O)N[C@H]3c4ccccc4CC[C@H]3O)cccc21. The Morgan fingerprint density at radius 1 is 1.24 bits per heavy atom. The summed E-state index contributed by atoms with van der Waals surface area (Å²) in [6.45, 7) is 0. The maximum Gasteiger partial charge on any atom is 0.419 e. The maximum atomic E-state index is 12.8. The average molecular weight is 338 g/mol. The van der Waals surface area contributed by atoms with E-state index in [2.05, 4.69) is 5.32 Å². The van der Waals surface area contributed by atoms with Crippen LogP contribution < -0.4 is 11.1 Å². The molecule has 3 aromatic rings. The Hall–Kier alpha value is -2.86. The van der Waals surface area contributed by atoms with Gasteiger partial charge in [0.05, 0.1) is 23.2 Å². The molecule has 0 radical (unpaired) electrons. The molecule has 1 amide bonds. The van der Waals surface area contributed by atoms with Crippen molar-refractivity contribution in [1.82, 2.24) is 9.88 Å². The van der Waals surface area contributed by atoms with Crippen LogP contribution in [0.25, 0.3) is 11.1 Å². The molecule has 0 spiro atoms. The van der Waals surface area contributed by atoms with Crippen molar-refractivity contribution in [2.24, 2.45) is 7.05 Å². The van der Waals surface area contributed by atoms with Gasteiger partial charge in [0.25, 0.3) is 5.91 Å². The lowest BCUT2D eigenvalue weighted by molar-refractivity contribution is 0.0792. The zero-order chi connectivity index (χ0) is 17.6. The lowest BCUT2D eigenvalue weighted by atomic mass is 9.85. The van der Waals surface area contributed by atoms with Crippen LogP contribution in [-0.4, -0.2) is 21.7 Å². The quantitative estimate of drug-likeness (QED) is 0.747. The molecule has 1 aromatic heterocycles. The zero-order valence-electron chi connectivity index (χ0n) is 13.7. The number of amides is 1. The molecule has 0 bridgehead atoms. The largest absolute Gasteiger partial charge is 0.419 e. The first-order valence-electron chi connectivity index (χ1n) is 8.21. The highest BCUT2D eigenvalue weighted by molar-refractivity contribution is 6.04. The predicted molar refractivity (Wildman–Crippen MR) is 92.4 cm³/mol. The van der Waals surface area contributed by atoms with Crippen LogP contribution in [0, 0.1) is 0 Å². The van der Waals surface area contributed by atoms with Crippen molar-refractivity contribution in [2.45, 2.75) is 25.0 Å². The van der Waals surface area contributed by atoms with E-state index >= 15 is 0 Å². The summed E-state index contributed by atoms with van der Waals surface area (Å²) in [4.78, 5) is 24.6. The molecule has 6 heteroatoms. The van der Waals surface area contributed by atoms with Gasteiger partial charge in [-0.3, -0.25) is 9.36 Å². The first-order valence-corrected chi connectivity index (χ1v) is 8.21. The van der Waals surface area contributed by atoms with E-state index in [4.69, 9.17) is 4.42 Å². The van der Waals surface area contributed by atoms with Gasteiger partial charge < -0.3 is 14.8 Å². The van der Waals surface area contributed by atoms with Crippen LogP contribution in [0.4, 0.5) is 0 Å². The number of rotatable bonds is 2. The third-order valence-corrected chi connectivity index (χ3v) is 4.83. The molecular weight excluding hydrogens is 320 g/mol. The molecule has 0 saturated heterocycles. The fourth-order valence-electron chi connectivity index (χ4n) is 3.46. The van der Waals surface area contributed by atoms with E-state index in [1.807, 2.05) is 24.3 Å². The summed E-state index contributed by atoms with van der Waals surface area (Å²) in [5.74, 6) is -0.890. The number of aryl methyl sites for hydroxylation is 2. The molecule has 25 heavy (non-hydrogen) atoms. The third-order valence-electron chi connectivity index (χ3n) is 4.83. The summed E-state index contributed by atoms with van der Waals surface area (Å²) < 4.78 is 6.58. The van der Waals surface area contributed by atoms with Crippen LogP contribution >= 0.6 is 0 Å². The van der Waals surface area contributed by atoms with Gasteiger partial charge in [0, 0.05) is 7.05 Å². The Morgan fingerprint density at radius 2 is 2.04 bits per heavy atom. The Morgan fingerprint density at radius 3 is 2.88 bits per heavy atom. The van der Waals surface area contributed by atoms with Crippen molar-refractivity contribution >= 4 is 17.0 Å². The number of aliphatic hydroxyl groups excluding tert-OH is 1. The van der Waals surface area contributed by atoms with Crippen LogP contribution in [-0.2, 0) is 13.5 Å². The van der Waals surface area contributed by atoms with Gasteiger partial charge in [-0.15, -0.1) is 0 Å². The number of hydrogen-bond donors (Lipinski definition) is 2. The van der Waals surface area contributed by atoms with Crippen molar-refractivity contribution in [3.8, 4) is 0 Å². The van der Waals surface area contributed by atoms with E-state index in [0.29, 0.717) is 11.9 Å². The molecular formula is C19H18N2O4. The first kappa shape index (κ1) is 15.7. The molecule has 2 N–H and O–H groups in total. The summed E-state index contributed by atoms with van der Waals surface area (Å²) >= 11 is 0. The number of nitrogens with zero attached hydrogens (tertiary/aromatic N) is 1. The van der Waals surface area contributed by atoms with E-state index in [0.717, 1.165) is 17.5 Å². The van der Waals surface area contributed by atoms with Crippen molar-refractivity contribution in [1.29, 1.82) is 0 Å². The van der Waals surface area contributed by atoms with Crippen molar-refractivity contribution < 1.29 is 14.3 Å². The third kappa shape index (κ3) is 2.55. The smallest absolute Gasteiger partial charge is 0.407 e. The normalized spacial score (nSPS) is 19.6. The van der Waals surface area contributed by atoms with Gasteiger partial charge >= 0.3 is 5.76 Å². The van der Waals surface area contributed by atoms with Gasteiger partial charge in [-0.2, -0.15) is 0 Å². The number of oxazole rings is 1. The van der Waals surface area contributed by atoms with Crippen LogP contribution in [0.3, 0.4) is 0 Å². The molecule has 0 saturated carbocycles. The van der Waals surface area contributed by atoms with Gasteiger partial charge in [-0.05, 0) is 36.1 Å². The van der Waals surface area contributed by atoms with Crippen molar-refractivity contribution in [2.75, 3.05) is 0 Å². The van der Waals surface area contributed by atoms with Gasteiger partial charge in [-0.1, -0.05) is 30.3 Å². The topological polar surface area (TPSA) is 84.5 Å². The van der Waals surface area contributed by atoms with Crippen molar-refractivity contribution in [3.63, 3.8) is 0 Å². The average Bonchev–Trinajstić information content (AvgIpc) is 2.92. The second kappa shape index (κ2) is 5.89. The highest BCUT2D eigenvalue weighted by atomic mass is 16.4. The van der Waals surface area contributed by atoms with E-state index < -0.39 is 17.9 Å². The molecule has 0 fully saturated rings. The number of aliphatic hydroxyl groups is 1. The minimum atomic E-state index is -0.652. The fraction of sp³-hybridized carbons (Fsp3) is 0.263. The number of nitrogens with one attached hydrogen (secondary N) is 1. The zero-order valence-corrected chi connectivity index (χ0v) is 13.7. The molecule has 4 rings (SSSR count). The maximum absolute atomic E-state index is 12.8. The molecule has 2 atom stereocenters. The lowest BCUT2D eigenvalue weighted by Gasteiger charge is -2.31. The highest BCUT2D eigenvalue weighted by Crippen LogP contribution is 2.30. The summed E-state index contributed by atoms with van der Waals surface area (Å²) in [5, 5.41) is 13.3. The molecule has 2 aromatic carbocycles. The molecule has 6 nitrogen and oxygen atoms in total. The number of aromatic nitrogens is 1. The number of fused-ring (bicyclic) bond motifs is 2. The minimum Gasteiger partial charge on any atom is -0.407 e. The number of para-hydroxylation sites is 1. The monoisotopic (exact) mass is 338 g/mol. The van der Waals surface area contributed by atoms with E-state index in [1.165, 1.54) is 4.57 Å². The summed E-state index contributed by atoms with van der Waals surface area (Å²) in [5.41, 5.74) is 3.15. The number of benzene rings is 2. The van der Waals surface area contributed by atoms with Gasteiger partial charge in [-0.25, -0.2) is 4.79 Å². The second-order valence-electron chi connectivity index (χ2n) is 6.34. The predicted octanol–water partition coefficient (Wildman–Crippen LogP) is 1.91. The van der Waals surface area contributed by atoms with Crippen molar-refractivity contribution in [3.05, 3.63) is 69.7 Å². The molecule has 0 aliphatic heterocycles. The molecule has 1 heterocycles. The molecule has 1 aliphatic rings. The van der Waals surface area contributed by atoms with Crippen LogP contribution in [0.1, 0.15) is 33.9 Å². The standard InChI is InChI=1S/C19H18N2O4/c1-21-14-8-4-7-13(17(14)25-19(21)24)18(23)20-16-12-6-3-2-5-11(12)9-10-15(16)22/h2-8,15-16,22H,9-10H2,1H3,(H,20,23)/t15-,16+/m1/s1.